The fraction of sp³-hybridized carbons (Fsp3) is 0.476. The number of aromatic nitrogens is 2. The minimum atomic E-state index is -0.200. The number of hydrogen-bond donors (Lipinski definition) is 4. The van der Waals surface area contributed by atoms with E-state index in [9.17, 15) is 9.90 Å². The van der Waals surface area contributed by atoms with Crippen LogP contribution < -0.4 is 16.0 Å². The number of pyridine rings is 1. The number of aliphatic hydroxyl groups is 1. The largest absolute Gasteiger partial charge is 0.393 e. The molecule has 3 aromatic heterocycles. The lowest BCUT2D eigenvalue weighted by Gasteiger charge is -2.13. The molecule has 0 unspecified atom stereocenters. The van der Waals surface area contributed by atoms with Gasteiger partial charge in [0, 0.05) is 42.2 Å². The Bertz CT molecular complexity index is 1030. The number of carbonyl (C=O) groups excluding carboxylic acids is 1. The zero-order valence-electron chi connectivity index (χ0n) is 16.6. The summed E-state index contributed by atoms with van der Waals surface area (Å²) in [6, 6.07) is 2.31. The summed E-state index contributed by atoms with van der Waals surface area (Å²) in [5, 5.41) is 21.5. The van der Waals surface area contributed by atoms with Gasteiger partial charge < -0.3 is 21.1 Å². The first kappa shape index (κ1) is 20.0. The zero-order valence-corrected chi connectivity index (χ0v) is 18.2. The van der Waals surface area contributed by atoms with Crippen molar-refractivity contribution in [1.82, 2.24) is 20.6 Å². The molecule has 1 aliphatic carbocycles. The minimum absolute atomic E-state index is 0.0108. The van der Waals surface area contributed by atoms with Crippen LogP contribution in [0.4, 0.5) is 5.00 Å². The molecule has 4 N–H and O–H groups in total. The molecule has 30 heavy (non-hydrogen) atoms. The molecule has 1 aliphatic heterocycles. The number of nitrogens with zero attached hydrogens (tertiary/aromatic N) is 2. The maximum absolute atomic E-state index is 12.7. The highest BCUT2D eigenvalue weighted by molar-refractivity contribution is 7.22. The quantitative estimate of drug-likeness (QED) is 0.468. The van der Waals surface area contributed by atoms with Gasteiger partial charge in [0.1, 0.15) is 15.5 Å². The van der Waals surface area contributed by atoms with Gasteiger partial charge in [0.25, 0.3) is 0 Å². The van der Waals surface area contributed by atoms with Crippen molar-refractivity contribution in [2.45, 2.75) is 50.8 Å². The third kappa shape index (κ3) is 4.13. The summed E-state index contributed by atoms with van der Waals surface area (Å²) in [7, 11) is 0. The van der Waals surface area contributed by atoms with Crippen molar-refractivity contribution >= 4 is 43.8 Å². The van der Waals surface area contributed by atoms with E-state index in [0.29, 0.717) is 19.0 Å². The Morgan fingerprint density at radius 2 is 2.27 bits per heavy atom. The number of carbonyl (C=O) groups is 1. The summed E-state index contributed by atoms with van der Waals surface area (Å²) in [6.07, 6.45) is 7.34. The second-order valence-corrected chi connectivity index (χ2v) is 10.0. The maximum Gasteiger partial charge on any atom is 0.226 e. The number of nitrogens with one attached hydrogen (secondary N) is 3. The number of aliphatic hydroxyl groups excluding tert-OH is 1. The lowest BCUT2D eigenvalue weighted by atomic mass is 10.0. The maximum atomic E-state index is 12.7. The summed E-state index contributed by atoms with van der Waals surface area (Å²) in [4.78, 5) is 23.0. The van der Waals surface area contributed by atoms with Crippen LogP contribution >= 0.6 is 22.7 Å². The molecule has 0 bridgehead atoms. The van der Waals surface area contributed by atoms with Crippen LogP contribution in [0.25, 0.3) is 20.8 Å². The number of amides is 1. The SMILES string of the molecule is O=C(CCN[C@H]1CC[C@H](O)C1)Nc1sc2c(c1-c1nc3cnccc3s1)CCNC2. The molecule has 0 saturated heterocycles. The van der Waals surface area contributed by atoms with Crippen LogP contribution in [0, 0.1) is 0 Å². The summed E-state index contributed by atoms with van der Waals surface area (Å²) < 4.78 is 1.11. The van der Waals surface area contributed by atoms with Crippen LogP contribution in [0.5, 0.6) is 0 Å². The third-order valence-electron chi connectivity index (χ3n) is 5.77. The first-order valence-electron chi connectivity index (χ1n) is 10.4. The first-order valence-corrected chi connectivity index (χ1v) is 12.1. The molecule has 158 valence electrons. The van der Waals surface area contributed by atoms with E-state index >= 15 is 0 Å². The Kier molecular flexibility index (Phi) is 5.79. The zero-order chi connectivity index (χ0) is 20.5. The average molecular weight is 444 g/mol. The molecule has 1 fully saturated rings. The normalized spacial score (nSPS) is 21.1. The van der Waals surface area contributed by atoms with Crippen molar-refractivity contribution < 1.29 is 9.90 Å². The molecule has 4 heterocycles. The van der Waals surface area contributed by atoms with Crippen LogP contribution in [-0.2, 0) is 17.8 Å². The van der Waals surface area contributed by atoms with E-state index in [2.05, 4.69) is 20.9 Å². The molecule has 0 spiro atoms. The Balaban J connectivity index is 1.34. The molecule has 3 aromatic rings. The Hall–Kier alpha value is -1.91. The van der Waals surface area contributed by atoms with Crippen LogP contribution in [-0.4, -0.2) is 46.2 Å². The van der Waals surface area contributed by atoms with E-state index in [1.165, 1.54) is 10.4 Å². The molecule has 5 rings (SSSR count). The van der Waals surface area contributed by atoms with Gasteiger partial charge in [0.15, 0.2) is 0 Å². The van der Waals surface area contributed by atoms with E-state index in [1.807, 2.05) is 6.07 Å². The van der Waals surface area contributed by atoms with E-state index in [4.69, 9.17) is 4.98 Å². The predicted octanol–water partition coefficient (Wildman–Crippen LogP) is 2.90. The van der Waals surface area contributed by atoms with Crippen LogP contribution in [0.15, 0.2) is 18.5 Å². The van der Waals surface area contributed by atoms with Gasteiger partial charge in [-0.15, -0.1) is 22.7 Å². The summed E-state index contributed by atoms with van der Waals surface area (Å²) in [5.74, 6) is 0.0108. The van der Waals surface area contributed by atoms with Gasteiger partial charge >= 0.3 is 0 Å². The first-order chi connectivity index (χ1) is 14.7. The number of thiophene rings is 1. The molecule has 2 atom stereocenters. The van der Waals surface area contributed by atoms with Gasteiger partial charge in [0.2, 0.25) is 5.91 Å². The summed E-state index contributed by atoms with van der Waals surface area (Å²) in [5.41, 5.74) is 3.28. The van der Waals surface area contributed by atoms with Crippen molar-refractivity contribution in [3.05, 3.63) is 28.9 Å². The van der Waals surface area contributed by atoms with Crippen LogP contribution in [0.2, 0.25) is 0 Å². The third-order valence-corrected chi connectivity index (χ3v) is 7.98. The Morgan fingerprint density at radius 3 is 3.10 bits per heavy atom. The van der Waals surface area contributed by atoms with Crippen molar-refractivity contribution in [2.75, 3.05) is 18.4 Å². The van der Waals surface area contributed by atoms with Gasteiger partial charge in [-0.1, -0.05) is 0 Å². The van der Waals surface area contributed by atoms with Crippen molar-refractivity contribution in [3.8, 4) is 10.6 Å². The summed E-state index contributed by atoms with van der Waals surface area (Å²) in [6.45, 7) is 2.40. The Morgan fingerprint density at radius 1 is 1.33 bits per heavy atom. The minimum Gasteiger partial charge on any atom is -0.393 e. The smallest absolute Gasteiger partial charge is 0.226 e. The van der Waals surface area contributed by atoms with Gasteiger partial charge in [0.05, 0.1) is 17.0 Å². The topological polar surface area (TPSA) is 99.2 Å². The Labute approximate surface area is 182 Å². The fourth-order valence-corrected chi connectivity index (χ4v) is 6.57. The van der Waals surface area contributed by atoms with E-state index < -0.39 is 0 Å². The number of hydrogen-bond acceptors (Lipinski definition) is 8. The molecule has 1 amide bonds. The lowest BCUT2D eigenvalue weighted by Crippen LogP contribution is -2.30. The number of rotatable bonds is 6. The van der Waals surface area contributed by atoms with Crippen LogP contribution in [0.3, 0.4) is 0 Å². The molecular weight excluding hydrogens is 418 g/mol. The van der Waals surface area contributed by atoms with Crippen molar-refractivity contribution in [2.24, 2.45) is 0 Å². The summed E-state index contributed by atoms with van der Waals surface area (Å²) >= 11 is 3.31. The van der Waals surface area contributed by atoms with Crippen molar-refractivity contribution in [1.29, 1.82) is 0 Å². The molecule has 0 aromatic carbocycles. The van der Waals surface area contributed by atoms with Gasteiger partial charge in [-0.2, -0.15) is 0 Å². The molecule has 9 heteroatoms. The molecule has 2 aliphatic rings. The molecular formula is C21H25N5O2S2. The lowest BCUT2D eigenvalue weighted by molar-refractivity contribution is -0.116. The second-order valence-electron chi connectivity index (χ2n) is 7.91. The number of thiazole rings is 1. The van der Waals surface area contributed by atoms with Gasteiger partial charge in [-0.3, -0.25) is 9.78 Å². The predicted molar refractivity (Wildman–Crippen MR) is 121 cm³/mol. The fourth-order valence-electron chi connectivity index (χ4n) is 4.26. The van der Waals surface area contributed by atoms with E-state index in [1.54, 1.807) is 35.1 Å². The second kappa shape index (κ2) is 8.68. The molecule has 7 nitrogen and oxygen atoms in total. The highest BCUT2D eigenvalue weighted by Gasteiger charge is 2.25. The van der Waals surface area contributed by atoms with Crippen molar-refractivity contribution in [3.63, 3.8) is 0 Å². The standard InChI is InChI=1S/C21H25N5O2S2/c27-13-2-1-12(9-13)24-8-5-18(28)26-21-19(14-3-6-23-11-17(14)30-21)20-25-15-10-22-7-4-16(15)29-20/h4,7,10,12-13,23-24,27H,1-3,5-6,8-9,11H2,(H,26,28)/t12-,13-/m0/s1. The molecule has 0 radical (unpaired) electrons. The highest BCUT2D eigenvalue weighted by Crippen LogP contribution is 2.44. The number of anilines is 1. The van der Waals surface area contributed by atoms with E-state index in [-0.39, 0.29) is 12.0 Å². The van der Waals surface area contributed by atoms with Crippen LogP contribution in [0.1, 0.15) is 36.1 Å². The molecule has 1 saturated carbocycles. The highest BCUT2D eigenvalue weighted by atomic mass is 32.1. The van der Waals surface area contributed by atoms with Gasteiger partial charge in [-0.05, 0) is 43.9 Å². The van der Waals surface area contributed by atoms with Gasteiger partial charge in [-0.25, -0.2) is 4.98 Å². The number of fused-ring (bicyclic) bond motifs is 2. The van der Waals surface area contributed by atoms with E-state index in [0.717, 1.165) is 64.6 Å². The monoisotopic (exact) mass is 443 g/mol. The average Bonchev–Trinajstić information content (AvgIpc) is 3.43.